The van der Waals surface area contributed by atoms with Crippen LogP contribution < -0.4 is 20.1 Å². The number of nitrogens with one attached hydrogen (secondary N) is 3. The van der Waals surface area contributed by atoms with Crippen molar-refractivity contribution in [3.05, 3.63) is 54.0 Å². The van der Waals surface area contributed by atoms with Crippen molar-refractivity contribution in [2.75, 3.05) is 17.4 Å². The van der Waals surface area contributed by atoms with E-state index >= 15 is 0 Å². The van der Waals surface area contributed by atoms with Gasteiger partial charge in [-0.3, -0.25) is 5.10 Å². The summed E-state index contributed by atoms with van der Waals surface area (Å²) >= 11 is 0. The highest BCUT2D eigenvalue weighted by atomic mass is 19.1. The quantitative estimate of drug-likeness (QED) is 0.623. The molecule has 1 aliphatic heterocycles. The Morgan fingerprint density at radius 1 is 1.07 bits per heavy atom. The zero-order chi connectivity index (χ0) is 19.1. The number of hydrogen-bond donors (Lipinski definition) is 3. The van der Waals surface area contributed by atoms with E-state index in [2.05, 4.69) is 20.8 Å². The number of hydrogen-bond acceptors (Lipinski definition) is 4. The number of ether oxygens (including phenoxy) is 2. The van der Waals surface area contributed by atoms with E-state index in [9.17, 15) is 9.18 Å². The van der Waals surface area contributed by atoms with Crippen LogP contribution in [0.4, 0.5) is 20.6 Å². The molecule has 3 N–H and O–H groups in total. The third-order valence-electron chi connectivity index (χ3n) is 4.77. The summed E-state index contributed by atoms with van der Waals surface area (Å²) in [7, 11) is 0. The van der Waals surface area contributed by atoms with Gasteiger partial charge in [-0.05, 0) is 55.3 Å². The Hall–Kier alpha value is -3.55. The number of H-pyrrole nitrogens is 1. The van der Waals surface area contributed by atoms with Crippen molar-refractivity contribution >= 4 is 17.4 Å². The van der Waals surface area contributed by atoms with Crippen molar-refractivity contribution in [3.8, 4) is 22.8 Å². The number of rotatable bonds is 4. The number of fused-ring (bicyclic) bond motifs is 1. The lowest BCUT2D eigenvalue weighted by Gasteiger charge is -2.10. The molecular formula is C20H17FN4O3. The van der Waals surface area contributed by atoms with E-state index in [0.717, 1.165) is 24.1 Å². The first-order valence-electron chi connectivity index (χ1n) is 8.99. The number of benzene rings is 2. The average molecular weight is 380 g/mol. The molecular weight excluding hydrogens is 363 g/mol. The van der Waals surface area contributed by atoms with Gasteiger partial charge < -0.3 is 20.1 Å². The van der Waals surface area contributed by atoms with E-state index in [1.165, 1.54) is 24.3 Å². The molecule has 2 aromatic carbocycles. The van der Waals surface area contributed by atoms with E-state index in [-0.39, 0.29) is 12.6 Å². The molecule has 0 radical (unpaired) electrons. The lowest BCUT2D eigenvalue weighted by atomic mass is 10.1. The normalized spacial score (nSPS) is 14.8. The minimum absolute atomic E-state index is 0.192. The summed E-state index contributed by atoms with van der Waals surface area (Å²) in [5.41, 5.74) is 3.49. The fourth-order valence-corrected chi connectivity index (χ4v) is 3.21. The summed E-state index contributed by atoms with van der Waals surface area (Å²) in [6.07, 6.45) is 2.11. The molecule has 3 aromatic rings. The highest BCUT2D eigenvalue weighted by Crippen LogP contribution is 2.46. The minimum Gasteiger partial charge on any atom is -0.454 e. The number of halogens is 1. The molecule has 0 atom stereocenters. The summed E-state index contributed by atoms with van der Waals surface area (Å²) in [5.74, 6) is 1.33. The summed E-state index contributed by atoms with van der Waals surface area (Å²) in [4.78, 5) is 12.5. The molecule has 2 aliphatic rings. The van der Waals surface area contributed by atoms with Crippen LogP contribution in [-0.2, 0) is 0 Å². The van der Waals surface area contributed by atoms with Crippen molar-refractivity contribution in [1.29, 1.82) is 0 Å². The average Bonchev–Trinajstić information content (AvgIpc) is 3.28. The summed E-state index contributed by atoms with van der Waals surface area (Å²) < 4.78 is 23.9. The number of carbonyl (C=O) groups is 1. The maximum atomic E-state index is 13.1. The van der Waals surface area contributed by atoms with Crippen molar-refractivity contribution in [3.63, 3.8) is 0 Å². The van der Waals surface area contributed by atoms with Crippen LogP contribution in [0.25, 0.3) is 11.3 Å². The molecule has 2 heterocycles. The molecule has 1 fully saturated rings. The van der Waals surface area contributed by atoms with E-state index < -0.39 is 6.03 Å². The Bertz CT molecular complexity index is 1040. The van der Waals surface area contributed by atoms with Gasteiger partial charge in [0.05, 0.1) is 11.4 Å². The fraction of sp³-hybridized carbons (Fsp3) is 0.200. The van der Waals surface area contributed by atoms with Gasteiger partial charge in [-0.25, -0.2) is 9.18 Å². The predicted molar refractivity (Wildman–Crippen MR) is 101 cm³/mol. The molecule has 0 bridgehead atoms. The van der Waals surface area contributed by atoms with E-state index in [1.807, 2.05) is 18.2 Å². The van der Waals surface area contributed by atoms with Crippen LogP contribution in [0, 0.1) is 5.82 Å². The van der Waals surface area contributed by atoms with Gasteiger partial charge in [0.25, 0.3) is 0 Å². The van der Waals surface area contributed by atoms with E-state index in [0.29, 0.717) is 34.5 Å². The molecule has 0 spiro atoms. The first-order chi connectivity index (χ1) is 13.7. The molecule has 5 rings (SSSR count). The zero-order valence-corrected chi connectivity index (χ0v) is 14.8. The van der Waals surface area contributed by atoms with Gasteiger partial charge in [0.2, 0.25) is 6.79 Å². The van der Waals surface area contributed by atoms with Crippen LogP contribution >= 0.6 is 0 Å². The molecule has 1 saturated carbocycles. The molecule has 7 nitrogen and oxygen atoms in total. The minimum atomic E-state index is -0.420. The zero-order valence-electron chi connectivity index (χ0n) is 14.8. The predicted octanol–water partition coefficient (Wildman–Crippen LogP) is 4.47. The molecule has 1 aliphatic carbocycles. The van der Waals surface area contributed by atoms with Gasteiger partial charge in [0.15, 0.2) is 11.5 Å². The van der Waals surface area contributed by atoms with Gasteiger partial charge >= 0.3 is 6.03 Å². The van der Waals surface area contributed by atoms with Crippen LogP contribution in [0.5, 0.6) is 11.5 Å². The van der Waals surface area contributed by atoms with Crippen LogP contribution in [0.2, 0.25) is 0 Å². The number of amides is 2. The van der Waals surface area contributed by atoms with Gasteiger partial charge in [0.1, 0.15) is 11.5 Å². The largest absolute Gasteiger partial charge is 0.454 e. The van der Waals surface area contributed by atoms with Crippen LogP contribution in [-0.4, -0.2) is 23.0 Å². The van der Waals surface area contributed by atoms with Gasteiger partial charge in [0, 0.05) is 17.2 Å². The second-order valence-corrected chi connectivity index (χ2v) is 6.79. The number of carbonyl (C=O) groups excluding carboxylic acids is 1. The maximum Gasteiger partial charge on any atom is 0.323 e. The van der Waals surface area contributed by atoms with Gasteiger partial charge in [-0.1, -0.05) is 0 Å². The number of aromatic amines is 1. The Morgan fingerprint density at radius 3 is 2.64 bits per heavy atom. The lowest BCUT2D eigenvalue weighted by Crippen LogP contribution is -2.20. The Morgan fingerprint density at radius 2 is 1.86 bits per heavy atom. The summed E-state index contributed by atoms with van der Waals surface area (Å²) in [6.45, 7) is 0.192. The van der Waals surface area contributed by atoms with Crippen LogP contribution in [0.3, 0.4) is 0 Å². The van der Waals surface area contributed by atoms with Gasteiger partial charge in [-0.15, -0.1) is 0 Å². The third-order valence-corrected chi connectivity index (χ3v) is 4.77. The van der Waals surface area contributed by atoms with Crippen LogP contribution in [0.15, 0.2) is 42.5 Å². The van der Waals surface area contributed by atoms with E-state index in [1.54, 1.807) is 0 Å². The number of nitrogens with zero attached hydrogens (tertiary/aromatic N) is 1. The van der Waals surface area contributed by atoms with Gasteiger partial charge in [-0.2, -0.15) is 5.10 Å². The first kappa shape index (κ1) is 16.6. The molecule has 2 amide bonds. The summed E-state index contributed by atoms with van der Waals surface area (Å²) in [6, 6.07) is 10.7. The highest BCUT2D eigenvalue weighted by Gasteiger charge is 2.31. The second-order valence-electron chi connectivity index (χ2n) is 6.79. The standard InChI is InChI=1S/C20H17FN4O3/c21-13-4-6-14(7-5-13)22-20(26)23-19-17(11-1-2-11)24-25-18(19)12-3-8-15-16(9-12)28-10-27-15/h3-9,11H,1-2,10H2,(H,24,25)(H2,22,23,26). The molecule has 8 heteroatoms. The highest BCUT2D eigenvalue weighted by molar-refractivity contribution is 6.02. The number of urea groups is 1. The number of aromatic nitrogens is 2. The Balaban J connectivity index is 1.43. The molecule has 0 saturated heterocycles. The molecule has 28 heavy (non-hydrogen) atoms. The molecule has 1 aromatic heterocycles. The maximum absolute atomic E-state index is 13.1. The lowest BCUT2D eigenvalue weighted by molar-refractivity contribution is 0.174. The topological polar surface area (TPSA) is 88.3 Å². The van der Waals surface area contributed by atoms with Crippen LogP contribution in [0.1, 0.15) is 24.5 Å². The van der Waals surface area contributed by atoms with E-state index in [4.69, 9.17) is 9.47 Å². The van der Waals surface area contributed by atoms with Crippen molar-refractivity contribution < 1.29 is 18.7 Å². The van der Waals surface area contributed by atoms with Crippen molar-refractivity contribution in [1.82, 2.24) is 10.2 Å². The molecule has 0 unspecified atom stereocenters. The smallest absolute Gasteiger partial charge is 0.323 e. The fourth-order valence-electron chi connectivity index (χ4n) is 3.21. The van der Waals surface area contributed by atoms with Crippen molar-refractivity contribution in [2.24, 2.45) is 0 Å². The first-order valence-corrected chi connectivity index (χ1v) is 8.99. The Labute approximate surface area is 159 Å². The summed E-state index contributed by atoms with van der Waals surface area (Å²) in [5, 5.41) is 13.1. The van der Waals surface area contributed by atoms with Crippen molar-refractivity contribution in [2.45, 2.75) is 18.8 Å². The molecule has 142 valence electrons. The monoisotopic (exact) mass is 380 g/mol. The second kappa shape index (κ2) is 6.56. The number of anilines is 2. The third kappa shape index (κ3) is 3.13. The Kier molecular flexibility index (Phi) is 3.89. The SMILES string of the molecule is O=C(Nc1ccc(F)cc1)Nc1c(-c2ccc3c(c2)OCO3)n[nH]c1C1CC1.